The molecule has 10 aromatic rings. The Morgan fingerprint density at radius 2 is 1.19 bits per heavy atom. The molecule has 274 valence electrons. The topological polar surface area (TPSA) is 65.0 Å². The van der Waals surface area contributed by atoms with E-state index in [-0.39, 0.29) is 5.84 Å². The van der Waals surface area contributed by atoms with E-state index in [0.717, 1.165) is 71.8 Å². The summed E-state index contributed by atoms with van der Waals surface area (Å²) in [4.78, 5) is 12.0. The molecule has 5 heteroatoms. The first-order valence-electron chi connectivity index (χ1n) is 19.3. The summed E-state index contributed by atoms with van der Waals surface area (Å²) in [6.45, 7) is 0. The van der Waals surface area contributed by atoms with Gasteiger partial charge in [-0.25, -0.2) is 9.98 Å². The molecule has 0 spiro atoms. The molecule has 0 unspecified atom stereocenters. The highest BCUT2D eigenvalue weighted by molar-refractivity contribution is 6.21. The van der Waals surface area contributed by atoms with Gasteiger partial charge in [0, 0.05) is 44.9 Å². The third-order valence-electron chi connectivity index (χ3n) is 10.6. The van der Waals surface area contributed by atoms with Crippen LogP contribution in [0.2, 0.25) is 0 Å². The largest absolute Gasteiger partial charge is 0.456 e. The van der Waals surface area contributed by atoms with Crippen molar-refractivity contribution in [2.24, 2.45) is 9.98 Å². The second-order valence-corrected chi connectivity index (χ2v) is 14.2. The van der Waals surface area contributed by atoms with E-state index in [1.807, 2.05) is 85.1 Å². The number of furan rings is 1. The van der Waals surface area contributed by atoms with Gasteiger partial charge in [0.2, 0.25) is 0 Å². The van der Waals surface area contributed by atoms with Crippen molar-refractivity contribution >= 4 is 78.4 Å². The van der Waals surface area contributed by atoms with Gasteiger partial charge >= 0.3 is 0 Å². The summed E-state index contributed by atoms with van der Waals surface area (Å²) in [6, 6.07) is 70.5. The summed E-state index contributed by atoms with van der Waals surface area (Å²) >= 11 is 0. The highest BCUT2D eigenvalue weighted by atomic mass is 16.3. The Bertz CT molecular complexity index is 3150. The molecule has 0 radical (unpaired) electrons. The van der Waals surface area contributed by atoms with Crippen molar-refractivity contribution < 1.29 is 4.42 Å². The van der Waals surface area contributed by atoms with Crippen LogP contribution in [0.1, 0.15) is 16.7 Å². The molecule has 9 aromatic carbocycles. The quantitative estimate of drug-likeness (QED) is 0.130. The van der Waals surface area contributed by atoms with Crippen LogP contribution in [0.5, 0.6) is 0 Å². The molecule has 0 saturated carbocycles. The van der Waals surface area contributed by atoms with Crippen LogP contribution in [-0.4, -0.2) is 17.9 Å². The fourth-order valence-corrected chi connectivity index (χ4v) is 7.85. The number of aliphatic imine (C=N–C) groups is 2. The highest BCUT2D eigenvalue weighted by Crippen LogP contribution is 2.43. The number of para-hydroxylation sites is 2. The molecule has 1 aromatic heterocycles. The van der Waals surface area contributed by atoms with Crippen LogP contribution in [0.4, 0.5) is 17.1 Å². The average Bonchev–Trinajstić information content (AvgIpc) is 3.67. The van der Waals surface area contributed by atoms with E-state index < -0.39 is 0 Å². The zero-order valence-electron chi connectivity index (χ0n) is 31.5. The Hall–Kier alpha value is -7.89. The van der Waals surface area contributed by atoms with E-state index in [9.17, 15) is 5.41 Å². The molecule has 0 atom stereocenters. The van der Waals surface area contributed by atoms with E-state index in [1.54, 1.807) is 0 Å². The zero-order chi connectivity index (χ0) is 38.8. The lowest BCUT2D eigenvalue weighted by atomic mass is 9.95. The van der Waals surface area contributed by atoms with Gasteiger partial charge in [-0.3, -0.25) is 5.41 Å². The summed E-state index contributed by atoms with van der Waals surface area (Å²) in [5.74, 6) is 0.564. The molecule has 10 rings (SSSR count). The Morgan fingerprint density at radius 3 is 1.95 bits per heavy atom. The molecule has 0 aliphatic rings. The second-order valence-electron chi connectivity index (χ2n) is 14.2. The predicted molar refractivity (Wildman–Crippen MR) is 243 cm³/mol. The second kappa shape index (κ2) is 15.0. The van der Waals surface area contributed by atoms with Crippen molar-refractivity contribution in [3.8, 4) is 11.1 Å². The first-order chi connectivity index (χ1) is 28.7. The molecule has 0 bridgehead atoms. The van der Waals surface area contributed by atoms with Crippen LogP contribution in [0.3, 0.4) is 0 Å². The maximum Gasteiger partial charge on any atom is 0.161 e. The van der Waals surface area contributed by atoms with Crippen LogP contribution in [0, 0.1) is 5.41 Å². The number of benzene rings is 9. The third-order valence-corrected chi connectivity index (χ3v) is 10.6. The summed E-state index contributed by atoms with van der Waals surface area (Å²) < 4.78 is 6.54. The number of rotatable bonds is 7. The smallest absolute Gasteiger partial charge is 0.161 e. The lowest BCUT2D eigenvalue weighted by molar-refractivity contribution is 0.669. The van der Waals surface area contributed by atoms with Gasteiger partial charge in [-0.15, -0.1) is 0 Å². The van der Waals surface area contributed by atoms with Crippen LogP contribution in [-0.2, 0) is 0 Å². The number of hydrogen-bond acceptors (Lipinski definition) is 3. The van der Waals surface area contributed by atoms with Crippen LogP contribution < -0.4 is 4.90 Å². The molecule has 1 N–H and O–H groups in total. The standard InChI is InChI=1S/C53H36N4O/c54-52(56-53(38-16-4-1-5-17-38)55-35-36-27-28-37-15-10-11-18-39(37)33-36)47-25-14-26-49-51(47)46-30-29-40(34-50(46)58-49)43-31-32-48(45-24-13-12-23-44(43)45)57(41-19-6-2-7-20-41)42-21-8-3-9-22-42/h1-35,54H. The van der Waals surface area contributed by atoms with E-state index in [1.165, 1.54) is 5.39 Å². The van der Waals surface area contributed by atoms with Crippen molar-refractivity contribution in [1.82, 2.24) is 0 Å². The fraction of sp³-hybridized carbons (Fsp3) is 0. The van der Waals surface area contributed by atoms with Gasteiger partial charge in [-0.05, 0) is 87.4 Å². The molecule has 0 aliphatic heterocycles. The summed E-state index contributed by atoms with van der Waals surface area (Å²) in [5, 5.41) is 15.7. The maximum atomic E-state index is 9.34. The minimum atomic E-state index is 0.106. The number of fused-ring (bicyclic) bond motifs is 5. The molecule has 0 amide bonds. The molecular formula is C53H36N4O. The van der Waals surface area contributed by atoms with E-state index in [4.69, 9.17) is 14.4 Å². The lowest BCUT2D eigenvalue weighted by Gasteiger charge is -2.27. The van der Waals surface area contributed by atoms with Gasteiger partial charge in [0.1, 0.15) is 11.2 Å². The monoisotopic (exact) mass is 744 g/mol. The first kappa shape index (κ1) is 34.6. The normalized spacial score (nSPS) is 11.9. The fourth-order valence-electron chi connectivity index (χ4n) is 7.85. The third kappa shape index (κ3) is 6.51. The van der Waals surface area contributed by atoms with Gasteiger partial charge in [0.25, 0.3) is 0 Å². The van der Waals surface area contributed by atoms with Crippen molar-refractivity contribution in [2.45, 2.75) is 0 Å². The number of anilines is 3. The van der Waals surface area contributed by atoms with Gasteiger partial charge in [-0.2, -0.15) is 0 Å². The Kier molecular flexibility index (Phi) is 8.93. The lowest BCUT2D eigenvalue weighted by Crippen LogP contribution is -2.10. The van der Waals surface area contributed by atoms with Gasteiger partial charge in [0.15, 0.2) is 11.7 Å². The number of nitrogens with one attached hydrogen (secondary N) is 1. The minimum absolute atomic E-state index is 0.106. The maximum absolute atomic E-state index is 9.34. The van der Waals surface area contributed by atoms with E-state index in [2.05, 4.69) is 132 Å². The van der Waals surface area contributed by atoms with Crippen molar-refractivity contribution in [1.29, 1.82) is 5.41 Å². The summed E-state index contributed by atoms with van der Waals surface area (Å²) in [7, 11) is 0. The van der Waals surface area contributed by atoms with E-state index in [0.29, 0.717) is 17.0 Å². The molecular weight excluding hydrogens is 709 g/mol. The number of hydrogen-bond donors (Lipinski definition) is 1. The Labute approximate surface area is 336 Å². The van der Waals surface area contributed by atoms with Crippen LogP contribution >= 0.6 is 0 Å². The Balaban J connectivity index is 1.04. The van der Waals surface area contributed by atoms with Gasteiger partial charge in [0.05, 0.1) is 5.69 Å². The average molecular weight is 745 g/mol. The molecule has 0 saturated heterocycles. The molecule has 1 heterocycles. The van der Waals surface area contributed by atoms with E-state index >= 15 is 0 Å². The number of amidine groups is 2. The van der Waals surface area contributed by atoms with Gasteiger partial charge in [-0.1, -0.05) is 152 Å². The molecule has 5 nitrogen and oxygen atoms in total. The van der Waals surface area contributed by atoms with Gasteiger partial charge < -0.3 is 9.32 Å². The molecule has 58 heavy (non-hydrogen) atoms. The molecule has 0 fully saturated rings. The number of nitrogens with zero attached hydrogens (tertiary/aromatic N) is 3. The molecule has 0 aliphatic carbocycles. The minimum Gasteiger partial charge on any atom is -0.456 e. The zero-order valence-corrected chi connectivity index (χ0v) is 31.5. The van der Waals surface area contributed by atoms with Crippen molar-refractivity contribution in [2.75, 3.05) is 4.90 Å². The van der Waals surface area contributed by atoms with Crippen molar-refractivity contribution in [3.63, 3.8) is 0 Å². The predicted octanol–water partition coefficient (Wildman–Crippen LogP) is 13.9. The Morgan fingerprint density at radius 1 is 0.517 bits per heavy atom. The van der Waals surface area contributed by atoms with Crippen molar-refractivity contribution in [3.05, 3.63) is 223 Å². The highest BCUT2D eigenvalue weighted by Gasteiger charge is 2.19. The van der Waals surface area contributed by atoms with Crippen LogP contribution in [0.25, 0.3) is 54.6 Å². The van der Waals surface area contributed by atoms with Crippen LogP contribution in [0.15, 0.2) is 221 Å². The SMILES string of the molecule is N=C(N=C(N=Cc1ccc2ccccc2c1)c1ccccc1)c1cccc2oc3cc(-c4ccc(N(c5ccccc5)c5ccccc5)c5ccccc45)ccc3c12. The summed E-state index contributed by atoms with van der Waals surface area (Å²) in [5.41, 5.74) is 9.34. The first-order valence-corrected chi connectivity index (χ1v) is 19.3. The summed E-state index contributed by atoms with van der Waals surface area (Å²) in [6.07, 6.45) is 1.82.